The number of fused-ring (bicyclic) bond motifs is 1. The predicted molar refractivity (Wildman–Crippen MR) is 82.6 cm³/mol. The van der Waals surface area contributed by atoms with Crippen LogP contribution in [0.3, 0.4) is 0 Å². The van der Waals surface area contributed by atoms with Crippen molar-refractivity contribution in [3.8, 4) is 6.07 Å². The number of hydrogen-bond donors (Lipinski definition) is 0. The van der Waals surface area contributed by atoms with Gasteiger partial charge in [0.2, 0.25) is 0 Å². The monoisotopic (exact) mass is 257 g/mol. The second-order valence-electron chi connectivity index (χ2n) is 4.99. The fourth-order valence-electron chi connectivity index (χ4n) is 2.72. The maximum Gasteiger partial charge on any atom is 0.0971 e. The summed E-state index contributed by atoms with van der Waals surface area (Å²) in [4.78, 5) is 0. The van der Waals surface area contributed by atoms with Gasteiger partial charge in [-0.15, -0.1) is 0 Å². The van der Waals surface area contributed by atoms with Crippen LogP contribution < -0.4 is 0 Å². The van der Waals surface area contributed by atoms with E-state index in [1.807, 2.05) is 36.4 Å². The van der Waals surface area contributed by atoms with Gasteiger partial charge >= 0.3 is 0 Å². The van der Waals surface area contributed by atoms with E-state index in [-0.39, 0.29) is 5.92 Å². The van der Waals surface area contributed by atoms with Gasteiger partial charge < -0.3 is 0 Å². The van der Waals surface area contributed by atoms with Gasteiger partial charge in [0.1, 0.15) is 0 Å². The molecule has 0 heterocycles. The van der Waals surface area contributed by atoms with Crippen LogP contribution in [-0.2, 0) is 0 Å². The average molecular weight is 257 g/mol. The summed E-state index contributed by atoms with van der Waals surface area (Å²) in [6, 6.07) is 25.0. The third kappa shape index (κ3) is 2.06. The molecule has 0 fully saturated rings. The fraction of sp³-hybridized carbons (Fsp3) is 0.105. The second kappa shape index (κ2) is 5.19. The number of aryl methyl sites for hydroxylation is 1. The van der Waals surface area contributed by atoms with Crippen molar-refractivity contribution >= 4 is 10.8 Å². The standard InChI is InChI=1S/C19H15N/c1-14-7-2-4-10-16(14)19(13-20)18-12-6-9-15-8-3-5-11-17(15)18/h2-12,19H,1H3. The molecule has 1 heteroatoms. The molecule has 3 aromatic rings. The van der Waals surface area contributed by atoms with Crippen molar-refractivity contribution in [2.45, 2.75) is 12.8 Å². The lowest BCUT2D eigenvalue weighted by Crippen LogP contribution is -2.01. The average Bonchev–Trinajstić information content (AvgIpc) is 2.50. The summed E-state index contributed by atoms with van der Waals surface area (Å²) in [6.45, 7) is 2.06. The molecule has 3 rings (SSSR count). The van der Waals surface area contributed by atoms with E-state index in [4.69, 9.17) is 0 Å². The van der Waals surface area contributed by atoms with Gasteiger partial charge in [0.15, 0.2) is 0 Å². The largest absolute Gasteiger partial charge is 0.197 e. The molecule has 0 amide bonds. The summed E-state index contributed by atoms with van der Waals surface area (Å²) in [6.07, 6.45) is 0. The summed E-state index contributed by atoms with van der Waals surface area (Å²) in [5.74, 6) is -0.220. The molecule has 0 spiro atoms. The summed E-state index contributed by atoms with van der Waals surface area (Å²) >= 11 is 0. The van der Waals surface area contributed by atoms with Crippen LogP contribution in [0.25, 0.3) is 10.8 Å². The Kier molecular flexibility index (Phi) is 3.23. The highest BCUT2D eigenvalue weighted by Crippen LogP contribution is 2.31. The van der Waals surface area contributed by atoms with E-state index in [1.54, 1.807) is 0 Å². The third-order valence-corrected chi connectivity index (χ3v) is 3.76. The van der Waals surface area contributed by atoms with Crippen molar-refractivity contribution in [2.24, 2.45) is 0 Å². The van der Waals surface area contributed by atoms with Crippen LogP contribution in [0.4, 0.5) is 0 Å². The molecule has 96 valence electrons. The Bertz CT molecular complexity index is 791. The van der Waals surface area contributed by atoms with Gasteiger partial charge in [0.25, 0.3) is 0 Å². The van der Waals surface area contributed by atoms with E-state index >= 15 is 0 Å². The topological polar surface area (TPSA) is 23.8 Å². The number of benzene rings is 3. The van der Waals surface area contributed by atoms with E-state index < -0.39 is 0 Å². The zero-order valence-electron chi connectivity index (χ0n) is 11.4. The molecule has 0 aliphatic heterocycles. The van der Waals surface area contributed by atoms with Crippen LogP contribution in [0, 0.1) is 18.3 Å². The van der Waals surface area contributed by atoms with Crippen LogP contribution in [0.15, 0.2) is 66.7 Å². The highest BCUT2D eigenvalue weighted by atomic mass is 14.3. The molecule has 0 saturated heterocycles. The Balaban J connectivity index is 2.23. The van der Waals surface area contributed by atoms with Crippen molar-refractivity contribution in [1.29, 1.82) is 5.26 Å². The van der Waals surface area contributed by atoms with E-state index in [1.165, 1.54) is 5.39 Å². The molecular weight excluding hydrogens is 242 g/mol. The first-order valence-corrected chi connectivity index (χ1v) is 6.74. The van der Waals surface area contributed by atoms with Crippen molar-refractivity contribution < 1.29 is 0 Å². The lowest BCUT2D eigenvalue weighted by Gasteiger charge is -2.15. The summed E-state index contributed by atoms with van der Waals surface area (Å²) < 4.78 is 0. The molecule has 0 N–H and O–H groups in total. The molecular formula is C19H15N. The maximum absolute atomic E-state index is 9.67. The summed E-state index contributed by atoms with van der Waals surface area (Å²) in [7, 11) is 0. The lowest BCUT2D eigenvalue weighted by molar-refractivity contribution is 1.03. The zero-order chi connectivity index (χ0) is 13.9. The Morgan fingerprint density at radius 3 is 2.25 bits per heavy atom. The normalized spacial score (nSPS) is 12.0. The minimum atomic E-state index is -0.220. The van der Waals surface area contributed by atoms with E-state index in [0.29, 0.717) is 0 Å². The van der Waals surface area contributed by atoms with Crippen LogP contribution in [0.5, 0.6) is 0 Å². The first-order valence-electron chi connectivity index (χ1n) is 6.74. The van der Waals surface area contributed by atoms with Gasteiger partial charge in [-0.25, -0.2) is 0 Å². The van der Waals surface area contributed by atoms with E-state index in [2.05, 4.69) is 43.3 Å². The first-order chi connectivity index (χ1) is 9.81. The number of rotatable bonds is 2. The molecule has 3 aromatic carbocycles. The number of nitriles is 1. The van der Waals surface area contributed by atoms with Crippen LogP contribution in [-0.4, -0.2) is 0 Å². The fourth-order valence-corrected chi connectivity index (χ4v) is 2.72. The SMILES string of the molecule is Cc1ccccc1C(C#N)c1cccc2ccccc12. The number of hydrogen-bond acceptors (Lipinski definition) is 1. The van der Waals surface area contributed by atoms with Gasteiger partial charge in [-0.05, 0) is 34.4 Å². The maximum atomic E-state index is 9.67. The molecule has 0 aliphatic rings. The van der Waals surface area contributed by atoms with E-state index in [9.17, 15) is 5.26 Å². The zero-order valence-corrected chi connectivity index (χ0v) is 11.4. The van der Waals surface area contributed by atoms with Crippen molar-refractivity contribution in [1.82, 2.24) is 0 Å². The smallest absolute Gasteiger partial charge is 0.0971 e. The van der Waals surface area contributed by atoms with Crippen LogP contribution in [0.2, 0.25) is 0 Å². The quantitative estimate of drug-likeness (QED) is 0.646. The van der Waals surface area contributed by atoms with Gasteiger partial charge in [0, 0.05) is 0 Å². The molecule has 20 heavy (non-hydrogen) atoms. The van der Waals surface area contributed by atoms with Gasteiger partial charge in [0.05, 0.1) is 12.0 Å². The van der Waals surface area contributed by atoms with Crippen LogP contribution >= 0.6 is 0 Å². The first kappa shape index (κ1) is 12.4. The summed E-state index contributed by atoms with van der Waals surface area (Å²) in [5.41, 5.74) is 3.33. The van der Waals surface area contributed by atoms with Gasteiger partial charge in [-0.3, -0.25) is 0 Å². The van der Waals surface area contributed by atoms with Crippen molar-refractivity contribution in [3.63, 3.8) is 0 Å². The minimum absolute atomic E-state index is 0.220. The Labute approximate surface area is 119 Å². The Hall–Kier alpha value is -2.59. The molecule has 0 saturated carbocycles. The highest BCUT2D eigenvalue weighted by Gasteiger charge is 2.17. The number of nitrogens with zero attached hydrogens (tertiary/aromatic N) is 1. The molecule has 0 radical (unpaired) electrons. The highest BCUT2D eigenvalue weighted by molar-refractivity contribution is 5.87. The van der Waals surface area contributed by atoms with Crippen LogP contribution in [0.1, 0.15) is 22.6 Å². The molecule has 1 unspecified atom stereocenters. The van der Waals surface area contributed by atoms with Crippen molar-refractivity contribution in [2.75, 3.05) is 0 Å². The summed E-state index contributed by atoms with van der Waals surface area (Å²) in [5, 5.41) is 12.0. The van der Waals surface area contributed by atoms with Crippen molar-refractivity contribution in [3.05, 3.63) is 83.4 Å². The lowest BCUT2D eigenvalue weighted by atomic mass is 9.87. The minimum Gasteiger partial charge on any atom is -0.197 e. The molecule has 0 aromatic heterocycles. The Morgan fingerprint density at radius 2 is 1.45 bits per heavy atom. The predicted octanol–water partition coefficient (Wildman–Crippen LogP) is 4.80. The second-order valence-corrected chi connectivity index (χ2v) is 4.99. The molecule has 0 aliphatic carbocycles. The molecule has 0 bridgehead atoms. The molecule has 1 nitrogen and oxygen atoms in total. The van der Waals surface area contributed by atoms with E-state index in [0.717, 1.165) is 22.1 Å². The van der Waals surface area contributed by atoms with Gasteiger partial charge in [-0.1, -0.05) is 66.7 Å². The third-order valence-electron chi connectivity index (χ3n) is 3.76. The Morgan fingerprint density at radius 1 is 0.800 bits per heavy atom. The van der Waals surface area contributed by atoms with Gasteiger partial charge in [-0.2, -0.15) is 5.26 Å². The molecule has 1 atom stereocenters.